The van der Waals surface area contributed by atoms with Gasteiger partial charge >= 0.3 is 0 Å². The Labute approximate surface area is 99.3 Å². The van der Waals surface area contributed by atoms with Crippen LogP contribution in [0, 0.1) is 0 Å². The fraction of sp³-hybridized carbons (Fsp3) is 0.333. The van der Waals surface area contributed by atoms with Gasteiger partial charge in [-0.25, -0.2) is 0 Å². The Bertz CT molecular complexity index is 336. The topological polar surface area (TPSA) is 35.2 Å². The maximum Gasteiger partial charge on any atom is 0.133 e. The predicted molar refractivity (Wildman–Crippen MR) is 68.0 cm³/mol. The van der Waals surface area contributed by atoms with Crippen molar-refractivity contribution in [3.05, 3.63) is 34.3 Å². The summed E-state index contributed by atoms with van der Waals surface area (Å²) in [5.41, 5.74) is 6.58. The SMILES string of the molecule is COc1ccc(/C=C/CCCN)cc1Br. The van der Waals surface area contributed by atoms with E-state index < -0.39 is 0 Å². The molecule has 0 amide bonds. The Morgan fingerprint density at radius 1 is 1.47 bits per heavy atom. The van der Waals surface area contributed by atoms with Gasteiger partial charge in [0.2, 0.25) is 0 Å². The average Bonchev–Trinajstić information content (AvgIpc) is 2.25. The summed E-state index contributed by atoms with van der Waals surface area (Å²) in [6, 6.07) is 6.02. The van der Waals surface area contributed by atoms with E-state index in [9.17, 15) is 0 Å². The molecule has 0 radical (unpaired) electrons. The maximum atomic E-state index is 5.41. The van der Waals surface area contributed by atoms with E-state index in [0.717, 1.165) is 29.6 Å². The Morgan fingerprint density at radius 3 is 2.87 bits per heavy atom. The van der Waals surface area contributed by atoms with Crippen molar-refractivity contribution < 1.29 is 4.74 Å². The standard InChI is InChI=1S/C12H16BrNO/c1-15-12-7-6-10(9-11(12)13)5-3-2-4-8-14/h3,5-7,9H,2,4,8,14H2,1H3/b5-3+. The number of rotatable bonds is 5. The van der Waals surface area contributed by atoms with E-state index in [4.69, 9.17) is 10.5 Å². The molecule has 0 spiro atoms. The number of hydrogen-bond acceptors (Lipinski definition) is 2. The van der Waals surface area contributed by atoms with Crippen LogP contribution in [0.1, 0.15) is 18.4 Å². The maximum absolute atomic E-state index is 5.41. The minimum atomic E-state index is 0.747. The molecule has 2 N–H and O–H groups in total. The van der Waals surface area contributed by atoms with E-state index in [-0.39, 0.29) is 0 Å². The Hall–Kier alpha value is -0.800. The van der Waals surface area contributed by atoms with E-state index in [1.54, 1.807) is 7.11 Å². The minimum absolute atomic E-state index is 0.747. The number of nitrogens with two attached hydrogens (primary N) is 1. The van der Waals surface area contributed by atoms with Gasteiger partial charge in [-0.2, -0.15) is 0 Å². The van der Waals surface area contributed by atoms with Crippen LogP contribution < -0.4 is 10.5 Å². The zero-order valence-electron chi connectivity index (χ0n) is 8.87. The normalized spacial score (nSPS) is 10.9. The second-order valence-corrected chi connectivity index (χ2v) is 4.08. The van der Waals surface area contributed by atoms with E-state index in [0.29, 0.717) is 0 Å². The van der Waals surface area contributed by atoms with Crippen molar-refractivity contribution in [1.29, 1.82) is 0 Å². The first-order chi connectivity index (χ1) is 7.27. The molecule has 0 bridgehead atoms. The summed E-state index contributed by atoms with van der Waals surface area (Å²) in [5.74, 6) is 0.856. The van der Waals surface area contributed by atoms with Gasteiger partial charge in [0.05, 0.1) is 11.6 Å². The second kappa shape index (κ2) is 6.64. The molecule has 0 atom stereocenters. The molecule has 0 saturated heterocycles. The highest BCUT2D eigenvalue weighted by atomic mass is 79.9. The molecule has 0 saturated carbocycles. The smallest absolute Gasteiger partial charge is 0.133 e. The van der Waals surface area contributed by atoms with Gasteiger partial charge in [-0.05, 0) is 53.0 Å². The highest BCUT2D eigenvalue weighted by molar-refractivity contribution is 9.10. The van der Waals surface area contributed by atoms with Gasteiger partial charge in [-0.15, -0.1) is 0 Å². The predicted octanol–water partition coefficient (Wildman–Crippen LogP) is 3.21. The molecule has 2 nitrogen and oxygen atoms in total. The number of unbranched alkanes of at least 4 members (excludes halogenated alkanes) is 1. The van der Waals surface area contributed by atoms with Gasteiger partial charge in [-0.3, -0.25) is 0 Å². The lowest BCUT2D eigenvalue weighted by atomic mass is 10.2. The zero-order chi connectivity index (χ0) is 11.1. The molecule has 0 aliphatic heterocycles. The molecule has 0 aliphatic carbocycles. The number of halogens is 1. The quantitative estimate of drug-likeness (QED) is 0.834. The van der Waals surface area contributed by atoms with Gasteiger partial charge in [-0.1, -0.05) is 18.2 Å². The van der Waals surface area contributed by atoms with E-state index in [2.05, 4.69) is 28.1 Å². The first kappa shape index (κ1) is 12.3. The van der Waals surface area contributed by atoms with Crippen LogP contribution in [0.15, 0.2) is 28.7 Å². The molecule has 3 heteroatoms. The molecule has 0 unspecified atom stereocenters. The summed E-state index contributed by atoms with van der Waals surface area (Å²) in [4.78, 5) is 0. The highest BCUT2D eigenvalue weighted by Gasteiger charge is 1.98. The molecule has 1 rings (SSSR count). The van der Waals surface area contributed by atoms with Crippen LogP contribution in [0.3, 0.4) is 0 Å². The number of hydrogen-bond donors (Lipinski definition) is 1. The molecule has 1 aromatic carbocycles. The van der Waals surface area contributed by atoms with Crippen LogP contribution >= 0.6 is 15.9 Å². The second-order valence-electron chi connectivity index (χ2n) is 3.23. The Kier molecular flexibility index (Phi) is 5.43. The van der Waals surface area contributed by atoms with Crippen molar-refractivity contribution in [3.63, 3.8) is 0 Å². The third-order valence-corrected chi connectivity index (χ3v) is 2.68. The summed E-state index contributed by atoms with van der Waals surface area (Å²) >= 11 is 3.45. The summed E-state index contributed by atoms with van der Waals surface area (Å²) in [6.07, 6.45) is 6.30. The van der Waals surface area contributed by atoms with Crippen LogP contribution in [0.2, 0.25) is 0 Å². The van der Waals surface area contributed by atoms with Crippen molar-refractivity contribution in [1.82, 2.24) is 0 Å². The van der Waals surface area contributed by atoms with Crippen LogP contribution in [0.25, 0.3) is 6.08 Å². The lowest BCUT2D eigenvalue weighted by Crippen LogP contribution is -1.96. The van der Waals surface area contributed by atoms with Crippen molar-refractivity contribution in [3.8, 4) is 5.75 Å². The number of allylic oxidation sites excluding steroid dienone is 1. The monoisotopic (exact) mass is 269 g/mol. The molecule has 82 valence electrons. The van der Waals surface area contributed by atoms with Crippen molar-refractivity contribution in [2.75, 3.05) is 13.7 Å². The third-order valence-electron chi connectivity index (χ3n) is 2.06. The minimum Gasteiger partial charge on any atom is -0.496 e. The Morgan fingerprint density at radius 2 is 2.27 bits per heavy atom. The summed E-state index contributed by atoms with van der Waals surface area (Å²) < 4.78 is 6.13. The summed E-state index contributed by atoms with van der Waals surface area (Å²) in [6.45, 7) is 0.747. The largest absolute Gasteiger partial charge is 0.496 e. The first-order valence-corrected chi connectivity index (χ1v) is 5.77. The van der Waals surface area contributed by atoms with Crippen molar-refractivity contribution in [2.45, 2.75) is 12.8 Å². The third kappa shape index (κ3) is 4.06. The zero-order valence-corrected chi connectivity index (χ0v) is 10.5. The van der Waals surface area contributed by atoms with E-state index in [1.165, 1.54) is 5.56 Å². The molecule has 15 heavy (non-hydrogen) atoms. The average molecular weight is 270 g/mol. The van der Waals surface area contributed by atoms with Gasteiger partial charge in [0, 0.05) is 0 Å². The van der Waals surface area contributed by atoms with Crippen molar-refractivity contribution in [2.24, 2.45) is 5.73 Å². The fourth-order valence-electron chi connectivity index (χ4n) is 1.24. The molecule has 0 aliphatic rings. The number of ether oxygens (including phenoxy) is 1. The lowest BCUT2D eigenvalue weighted by molar-refractivity contribution is 0.412. The van der Waals surface area contributed by atoms with E-state index >= 15 is 0 Å². The van der Waals surface area contributed by atoms with Crippen LogP contribution in [-0.4, -0.2) is 13.7 Å². The van der Waals surface area contributed by atoms with Gasteiger partial charge in [0.1, 0.15) is 5.75 Å². The fourth-order valence-corrected chi connectivity index (χ4v) is 1.80. The lowest BCUT2D eigenvalue weighted by Gasteiger charge is -2.03. The molecule has 0 heterocycles. The molecule has 0 aromatic heterocycles. The molecule has 0 fully saturated rings. The highest BCUT2D eigenvalue weighted by Crippen LogP contribution is 2.25. The molecular formula is C12H16BrNO. The van der Waals surface area contributed by atoms with Crippen LogP contribution in [0.5, 0.6) is 5.75 Å². The van der Waals surface area contributed by atoms with Gasteiger partial charge < -0.3 is 10.5 Å². The number of methoxy groups -OCH3 is 1. The van der Waals surface area contributed by atoms with Gasteiger partial charge in [0.25, 0.3) is 0 Å². The Balaban J connectivity index is 2.63. The van der Waals surface area contributed by atoms with Crippen molar-refractivity contribution >= 4 is 22.0 Å². The summed E-state index contributed by atoms with van der Waals surface area (Å²) in [5, 5.41) is 0. The summed E-state index contributed by atoms with van der Waals surface area (Å²) in [7, 11) is 1.66. The molecular weight excluding hydrogens is 254 g/mol. The van der Waals surface area contributed by atoms with Crippen LogP contribution in [0.4, 0.5) is 0 Å². The first-order valence-electron chi connectivity index (χ1n) is 4.98. The molecule has 1 aromatic rings. The van der Waals surface area contributed by atoms with Crippen LogP contribution in [-0.2, 0) is 0 Å². The number of benzene rings is 1. The van der Waals surface area contributed by atoms with Gasteiger partial charge in [0.15, 0.2) is 0 Å². The van der Waals surface area contributed by atoms with E-state index in [1.807, 2.05) is 18.2 Å².